The molecule has 1 aromatic carbocycles. The first kappa shape index (κ1) is 18.9. The average molecular weight is 425 g/mol. The molecule has 0 aliphatic carbocycles. The third-order valence-corrected chi connectivity index (χ3v) is 3.50. The maximum Gasteiger partial charge on any atom is 0.191 e. The Morgan fingerprint density at radius 1 is 1.45 bits per heavy atom. The Morgan fingerprint density at radius 3 is 2.91 bits per heavy atom. The van der Waals surface area contributed by atoms with Gasteiger partial charge in [-0.25, -0.2) is 13.8 Å². The maximum absolute atomic E-state index is 13.3. The number of nitrogens with two attached hydrogens (primary N) is 1. The Balaban J connectivity index is 0.00000242. The Hall–Kier alpha value is -1.12. The van der Waals surface area contributed by atoms with E-state index in [0.717, 1.165) is 31.6 Å². The summed E-state index contributed by atoms with van der Waals surface area (Å²) in [6, 6.07) is 3.22. The fraction of sp³-hybridized carbons (Fsp3) is 0.533. The van der Waals surface area contributed by atoms with Crippen molar-refractivity contribution in [1.82, 2.24) is 4.90 Å². The van der Waals surface area contributed by atoms with E-state index in [1.165, 1.54) is 12.5 Å². The topological polar surface area (TPSA) is 50.8 Å². The van der Waals surface area contributed by atoms with Gasteiger partial charge in [0.25, 0.3) is 0 Å². The van der Waals surface area contributed by atoms with Gasteiger partial charge in [-0.2, -0.15) is 0 Å². The molecule has 0 radical (unpaired) electrons. The number of piperidine rings is 1. The first-order valence-corrected chi connectivity index (χ1v) is 7.19. The van der Waals surface area contributed by atoms with Crippen molar-refractivity contribution < 1.29 is 13.5 Å². The van der Waals surface area contributed by atoms with Gasteiger partial charge in [0.15, 0.2) is 17.5 Å². The van der Waals surface area contributed by atoms with Gasteiger partial charge in [0.1, 0.15) is 12.4 Å². The molecule has 1 heterocycles. The van der Waals surface area contributed by atoms with Gasteiger partial charge in [0, 0.05) is 19.2 Å². The van der Waals surface area contributed by atoms with Crippen LogP contribution in [0.1, 0.15) is 19.8 Å². The van der Waals surface area contributed by atoms with Crippen molar-refractivity contribution >= 4 is 29.9 Å². The predicted octanol–water partition coefficient (Wildman–Crippen LogP) is 3.01. The lowest BCUT2D eigenvalue weighted by atomic mass is 10.0. The van der Waals surface area contributed by atoms with Crippen LogP contribution in [0.2, 0.25) is 0 Å². The van der Waals surface area contributed by atoms with Crippen LogP contribution in [0.25, 0.3) is 0 Å². The summed E-state index contributed by atoms with van der Waals surface area (Å²) in [4.78, 5) is 6.31. The number of hydrogen-bond acceptors (Lipinski definition) is 2. The number of ether oxygens (including phenoxy) is 1. The summed E-state index contributed by atoms with van der Waals surface area (Å²) in [7, 11) is 0. The van der Waals surface area contributed by atoms with E-state index in [4.69, 9.17) is 10.5 Å². The van der Waals surface area contributed by atoms with Crippen molar-refractivity contribution in [1.29, 1.82) is 0 Å². The fourth-order valence-corrected chi connectivity index (χ4v) is 2.41. The van der Waals surface area contributed by atoms with Crippen LogP contribution in [0, 0.1) is 17.6 Å². The summed E-state index contributed by atoms with van der Waals surface area (Å²) in [6.07, 6.45) is 2.34. The van der Waals surface area contributed by atoms with Gasteiger partial charge < -0.3 is 15.4 Å². The van der Waals surface area contributed by atoms with E-state index >= 15 is 0 Å². The number of aliphatic imine (C=N–C) groups is 1. The molecule has 1 saturated heterocycles. The fourth-order valence-electron chi connectivity index (χ4n) is 2.41. The van der Waals surface area contributed by atoms with Crippen molar-refractivity contribution in [2.75, 3.05) is 26.2 Å². The normalized spacial score (nSPS) is 18.8. The molecule has 0 bridgehead atoms. The third kappa shape index (κ3) is 5.58. The monoisotopic (exact) mass is 425 g/mol. The summed E-state index contributed by atoms with van der Waals surface area (Å²) in [6.45, 7) is 4.58. The molecule has 22 heavy (non-hydrogen) atoms. The number of halogens is 3. The first-order valence-electron chi connectivity index (χ1n) is 7.19. The molecule has 1 unspecified atom stereocenters. The summed E-state index contributed by atoms with van der Waals surface area (Å²) in [5.74, 6) is -0.184. The molecule has 7 heteroatoms. The Kier molecular flexibility index (Phi) is 7.84. The second-order valence-corrected chi connectivity index (χ2v) is 5.36. The minimum Gasteiger partial charge on any atom is -0.489 e. The van der Waals surface area contributed by atoms with Gasteiger partial charge in [-0.15, -0.1) is 24.0 Å². The molecule has 0 amide bonds. The maximum atomic E-state index is 13.3. The zero-order chi connectivity index (χ0) is 15.2. The minimum absolute atomic E-state index is 0. The molecule has 1 fully saturated rings. The molecule has 0 aromatic heterocycles. The van der Waals surface area contributed by atoms with Gasteiger partial charge in [0.2, 0.25) is 0 Å². The van der Waals surface area contributed by atoms with Gasteiger partial charge in [-0.05, 0) is 30.9 Å². The summed E-state index contributed by atoms with van der Waals surface area (Å²) >= 11 is 0. The molecular weight excluding hydrogens is 403 g/mol. The molecule has 1 aliphatic rings. The van der Waals surface area contributed by atoms with Crippen LogP contribution in [0.4, 0.5) is 8.78 Å². The SMILES string of the molecule is CC1CCCN(C(N)=NCCOc2ccc(F)cc2F)C1.I. The Bertz CT molecular complexity index is 514. The van der Waals surface area contributed by atoms with Crippen molar-refractivity contribution in [3.8, 4) is 5.75 Å². The highest BCUT2D eigenvalue weighted by Gasteiger charge is 2.17. The smallest absolute Gasteiger partial charge is 0.191 e. The van der Waals surface area contributed by atoms with Crippen molar-refractivity contribution in [3.05, 3.63) is 29.8 Å². The van der Waals surface area contributed by atoms with Crippen molar-refractivity contribution in [2.45, 2.75) is 19.8 Å². The van der Waals surface area contributed by atoms with Crippen LogP contribution in [-0.4, -0.2) is 37.1 Å². The second kappa shape index (κ2) is 9.12. The van der Waals surface area contributed by atoms with Crippen LogP contribution in [-0.2, 0) is 0 Å². The summed E-state index contributed by atoms with van der Waals surface area (Å²) in [5, 5.41) is 0. The third-order valence-electron chi connectivity index (χ3n) is 3.50. The largest absolute Gasteiger partial charge is 0.489 e. The van der Waals surface area contributed by atoms with Gasteiger partial charge >= 0.3 is 0 Å². The zero-order valence-corrected chi connectivity index (χ0v) is 14.9. The van der Waals surface area contributed by atoms with Gasteiger partial charge in [-0.1, -0.05) is 6.92 Å². The van der Waals surface area contributed by atoms with Gasteiger partial charge in [0.05, 0.1) is 6.54 Å². The van der Waals surface area contributed by atoms with E-state index in [-0.39, 0.29) is 36.3 Å². The lowest BCUT2D eigenvalue weighted by molar-refractivity contribution is 0.268. The summed E-state index contributed by atoms with van der Waals surface area (Å²) in [5.41, 5.74) is 5.94. The molecule has 124 valence electrons. The highest BCUT2D eigenvalue weighted by molar-refractivity contribution is 14.0. The number of likely N-dealkylation sites (tertiary alicyclic amines) is 1. The molecular formula is C15H22F2IN3O. The summed E-state index contributed by atoms with van der Waals surface area (Å²) < 4.78 is 31.3. The van der Waals surface area contributed by atoms with E-state index in [2.05, 4.69) is 16.8 Å². The molecule has 2 rings (SSSR count). The standard InChI is InChI=1S/C15H21F2N3O.HI/c1-11-3-2-7-20(10-11)15(18)19-6-8-21-14-5-4-12(16)9-13(14)17;/h4-5,9,11H,2-3,6-8,10H2,1H3,(H2,18,19);1H. The first-order chi connectivity index (χ1) is 10.1. The zero-order valence-electron chi connectivity index (χ0n) is 12.6. The molecule has 2 N–H and O–H groups in total. The Labute approximate surface area is 146 Å². The van der Waals surface area contributed by atoms with E-state index in [1.807, 2.05) is 0 Å². The van der Waals surface area contributed by atoms with Crippen molar-refractivity contribution in [3.63, 3.8) is 0 Å². The van der Waals surface area contributed by atoms with Crippen LogP contribution in [0.3, 0.4) is 0 Å². The quantitative estimate of drug-likeness (QED) is 0.349. The minimum atomic E-state index is -0.711. The number of nitrogens with zero attached hydrogens (tertiary/aromatic N) is 2. The number of guanidine groups is 1. The highest BCUT2D eigenvalue weighted by Crippen LogP contribution is 2.17. The Morgan fingerprint density at radius 2 is 2.23 bits per heavy atom. The number of rotatable bonds is 4. The highest BCUT2D eigenvalue weighted by atomic mass is 127. The molecule has 0 saturated carbocycles. The van der Waals surface area contributed by atoms with E-state index in [9.17, 15) is 8.78 Å². The molecule has 1 aromatic rings. The lowest BCUT2D eigenvalue weighted by Crippen LogP contribution is -2.43. The van der Waals surface area contributed by atoms with E-state index in [0.29, 0.717) is 18.4 Å². The molecule has 0 spiro atoms. The van der Waals surface area contributed by atoms with Gasteiger partial charge in [-0.3, -0.25) is 0 Å². The molecule has 4 nitrogen and oxygen atoms in total. The lowest BCUT2D eigenvalue weighted by Gasteiger charge is -2.31. The van der Waals surface area contributed by atoms with Crippen LogP contribution in [0.15, 0.2) is 23.2 Å². The molecule has 1 aliphatic heterocycles. The van der Waals surface area contributed by atoms with E-state index < -0.39 is 11.6 Å². The van der Waals surface area contributed by atoms with Crippen LogP contribution >= 0.6 is 24.0 Å². The predicted molar refractivity (Wildman–Crippen MR) is 93.7 cm³/mol. The number of hydrogen-bond donors (Lipinski definition) is 1. The number of benzene rings is 1. The van der Waals surface area contributed by atoms with Crippen LogP contribution in [0.5, 0.6) is 5.75 Å². The van der Waals surface area contributed by atoms with Crippen LogP contribution < -0.4 is 10.5 Å². The van der Waals surface area contributed by atoms with E-state index in [1.54, 1.807) is 0 Å². The molecule has 1 atom stereocenters. The second-order valence-electron chi connectivity index (χ2n) is 5.36. The van der Waals surface area contributed by atoms with Crippen molar-refractivity contribution in [2.24, 2.45) is 16.6 Å². The average Bonchev–Trinajstić information content (AvgIpc) is 2.45.